The van der Waals surface area contributed by atoms with E-state index in [1.807, 2.05) is 24.3 Å². The van der Waals surface area contributed by atoms with Gasteiger partial charge in [0.1, 0.15) is 5.82 Å². The number of nitrogens with two attached hydrogens (primary N) is 1. The smallest absolute Gasteiger partial charge is 0.128 e. The van der Waals surface area contributed by atoms with Crippen LogP contribution in [0.3, 0.4) is 0 Å². The second-order valence-corrected chi connectivity index (χ2v) is 4.62. The molecule has 1 aromatic heterocycles. The van der Waals surface area contributed by atoms with Crippen LogP contribution in [0, 0.1) is 0 Å². The molecule has 0 radical (unpaired) electrons. The molecule has 1 fully saturated rings. The number of aromatic nitrogens is 1. The Morgan fingerprint density at radius 2 is 2.17 bits per heavy atom. The lowest BCUT2D eigenvalue weighted by Crippen LogP contribution is -2.20. The van der Waals surface area contributed by atoms with Crippen LogP contribution in [0.4, 0.5) is 5.82 Å². The maximum atomic E-state index is 6.14. The van der Waals surface area contributed by atoms with Crippen molar-refractivity contribution in [1.29, 1.82) is 0 Å². The molecule has 0 aromatic carbocycles. The second-order valence-electron chi connectivity index (χ2n) is 4.62. The van der Waals surface area contributed by atoms with Gasteiger partial charge in [-0.3, -0.25) is 0 Å². The SMILES string of the molecule is C=C/C=C\CC(N)c1cccc(N2CCCC2)n1. The average molecular weight is 243 g/mol. The van der Waals surface area contributed by atoms with Gasteiger partial charge in [-0.05, 0) is 31.4 Å². The molecule has 2 rings (SSSR count). The zero-order valence-electron chi connectivity index (χ0n) is 10.8. The van der Waals surface area contributed by atoms with Crippen molar-refractivity contribution in [3.63, 3.8) is 0 Å². The molecule has 1 aliphatic rings. The first kappa shape index (κ1) is 12.8. The topological polar surface area (TPSA) is 42.1 Å². The van der Waals surface area contributed by atoms with Gasteiger partial charge in [-0.2, -0.15) is 0 Å². The number of pyridine rings is 1. The standard InChI is InChI=1S/C15H21N3/c1-2-3-4-8-13(16)14-9-7-10-15(17-14)18-11-5-6-12-18/h2-4,7,9-10,13H,1,5-6,8,11-12,16H2/b4-3-. The average Bonchev–Trinajstić information content (AvgIpc) is 2.93. The van der Waals surface area contributed by atoms with Crippen LogP contribution in [-0.4, -0.2) is 18.1 Å². The van der Waals surface area contributed by atoms with Crippen molar-refractivity contribution in [2.45, 2.75) is 25.3 Å². The van der Waals surface area contributed by atoms with Crippen LogP contribution in [0.25, 0.3) is 0 Å². The Morgan fingerprint density at radius 3 is 2.89 bits per heavy atom. The van der Waals surface area contributed by atoms with Gasteiger partial charge in [-0.15, -0.1) is 0 Å². The third-order valence-corrected chi connectivity index (χ3v) is 3.23. The molecule has 0 bridgehead atoms. The van der Waals surface area contributed by atoms with Crippen LogP contribution in [0.1, 0.15) is 31.0 Å². The van der Waals surface area contributed by atoms with Crippen molar-refractivity contribution in [3.05, 3.63) is 48.7 Å². The van der Waals surface area contributed by atoms with Crippen molar-refractivity contribution < 1.29 is 0 Å². The summed E-state index contributed by atoms with van der Waals surface area (Å²) in [5.74, 6) is 1.06. The maximum absolute atomic E-state index is 6.14. The van der Waals surface area contributed by atoms with Gasteiger partial charge in [0.25, 0.3) is 0 Å². The highest BCUT2D eigenvalue weighted by Gasteiger charge is 2.14. The predicted octanol–water partition coefficient (Wildman–Crippen LogP) is 2.81. The number of allylic oxidation sites excluding steroid dienone is 2. The fourth-order valence-electron chi connectivity index (χ4n) is 2.21. The molecule has 2 N–H and O–H groups in total. The van der Waals surface area contributed by atoms with Crippen molar-refractivity contribution in [2.75, 3.05) is 18.0 Å². The molecule has 0 aliphatic carbocycles. The summed E-state index contributed by atoms with van der Waals surface area (Å²) in [6.07, 6.45) is 9.04. The van der Waals surface area contributed by atoms with Crippen LogP contribution < -0.4 is 10.6 Å². The molecular weight excluding hydrogens is 222 g/mol. The van der Waals surface area contributed by atoms with E-state index >= 15 is 0 Å². The second kappa shape index (κ2) is 6.36. The van der Waals surface area contributed by atoms with Crippen LogP contribution in [-0.2, 0) is 0 Å². The van der Waals surface area contributed by atoms with E-state index < -0.39 is 0 Å². The summed E-state index contributed by atoms with van der Waals surface area (Å²) in [6, 6.07) is 6.09. The molecular formula is C15H21N3. The van der Waals surface area contributed by atoms with Crippen molar-refractivity contribution >= 4 is 5.82 Å². The van der Waals surface area contributed by atoms with E-state index in [0.29, 0.717) is 0 Å². The minimum Gasteiger partial charge on any atom is -0.357 e. The predicted molar refractivity (Wildman–Crippen MR) is 76.6 cm³/mol. The van der Waals surface area contributed by atoms with E-state index in [9.17, 15) is 0 Å². The fraction of sp³-hybridized carbons (Fsp3) is 0.400. The highest BCUT2D eigenvalue weighted by Crippen LogP contribution is 2.20. The third-order valence-electron chi connectivity index (χ3n) is 3.23. The van der Waals surface area contributed by atoms with Crippen molar-refractivity contribution in [2.24, 2.45) is 5.73 Å². The first-order valence-corrected chi connectivity index (χ1v) is 6.56. The summed E-state index contributed by atoms with van der Waals surface area (Å²) < 4.78 is 0. The minimum absolute atomic E-state index is 0.0382. The maximum Gasteiger partial charge on any atom is 0.128 e. The number of anilines is 1. The van der Waals surface area contributed by atoms with E-state index in [0.717, 1.165) is 31.0 Å². The molecule has 0 saturated carbocycles. The van der Waals surface area contributed by atoms with Gasteiger partial charge in [0, 0.05) is 13.1 Å². The highest BCUT2D eigenvalue weighted by molar-refractivity contribution is 5.40. The Hall–Kier alpha value is -1.61. The summed E-state index contributed by atoms with van der Waals surface area (Å²) in [4.78, 5) is 7.00. The summed E-state index contributed by atoms with van der Waals surface area (Å²) in [5.41, 5.74) is 7.10. The Balaban J connectivity index is 2.06. The van der Waals surface area contributed by atoms with Gasteiger partial charge in [-0.25, -0.2) is 4.98 Å². The molecule has 1 atom stereocenters. The molecule has 1 aromatic rings. The molecule has 1 aliphatic heterocycles. The Morgan fingerprint density at radius 1 is 1.39 bits per heavy atom. The third kappa shape index (κ3) is 3.20. The first-order chi connectivity index (χ1) is 8.81. The van der Waals surface area contributed by atoms with E-state index in [4.69, 9.17) is 5.73 Å². The largest absolute Gasteiger partial charge is 0.357 e. The van der Waals surface area contributed by atoms with Gasteiger partial charge in [0.15, 0.2) is 0 Å². The van der Waals surface area contributed by atoms with Gasteiger partial charge in [0.05, 0.1) is 11.7 Å². The van der Waals surface area contributed by atoms with E-state index in [1.54, 1.807) is 6.08 Å². The first-order valence-electron chi connectivity index (χ1n) is 6.56. The molecule has 1 unspecified atom stereocenters. The van der Waals surface area contributed by atoms with Gasteiger partial charge >= 0.3 is 0 Å². The molecule has 1 saturated heterocycles. The highest BCUT2D eigenvalue weighted by atomic mass is 15.2. The van der Waals surface area contributed by atoms with Gasteiger partial charge in [-0.1, -0.05) is 30.9 Å². The normalized spacial score (nSPS) is 17.3. The van der Waals surface area contributed by atoms with Gasteiger partial charge in [0.2, 0.25) is 0 Å². The lowest BCUT2D eigenvalue weighted by molar-refractivity contribution is 0.710. The van der Waals surface area contributed by atoms with Crippen LogP contribution in [0.2, 0.25) is 0 Å². The zero-order chi connectivity index (χ0) is 12.8. The van der Waals surface area contributed by atoms with Crippen LogP contribution in [0.15, 0.2) is 43.0 Å². The molecule has 3 heteroatoms. The summed E-state index contributed by atoms with van der Waals surface area (Å²) in [7, 11) is 0. The molecule has 96 valence electrons. The Kier molecular flexibility index (Phi) is 4.53. The monoisotopic (exact) mass is 243 g/mol. The zero-order valence-corrected chi connectivity index (χ0v) is 10.8. The summed E-state index contributed by atoms with van der Waals surface area (Å²) >= 11 is 0. The summed E-state index contributed by atoms with van der Waals surface area (Å²) in [5, 5.41) is 0. The molecule has 3 nitrogen and oxygen atoms in total. The Bertz CT molecular complexity index is 420. The molecule has 2 heterocycles. The minimum atomic E-state index is -0.0382. The van der Waals surface area contributed by atoms with Crippen LogP contribution >= 0.6 is 0 Å². The van der Waals surface area contributed by atoms with Crippen molar-refractivity contribution in [3.8, 4) is 0 Å². The molecule has 0 amide bonds. The van der Waals surface area contributed by atoms with Crippen LogP contribution in [0.5, 0.6) is 0 Å². The van der Waals surface area contributed by atoms with E-state index in [1.165, 1.54) is 12.8 Å². The quantitative estimate of drug-likeness (QED) is 0.809. The number of nitrogens with zero attached hydrogens (tertiary/aromatic N) is 2. The van der Waals surface area contributed by atoms with Crippen molar-refractivity contribution in [1.82, 2.24) is 4.98 Å². The lowest BCUT2D eigenvalue weighted by atomic mass is 10.1. The lowest BCUT2D eigenvalue weighted by Gasteiger charge is -2.18. The molecule has 0 spiro atoms. The summed E-state index contributed by atoms with van der Waals surface area (Å²) in [6.45, 7) is 5.87. The van der Waals surface area contributed by atoms with Gasteiger partial charge < -0.3 is 10.6 Å². The fourth-order valence-corrected chi connectivity index (χ4v) is 2.21. The number of hydrogen-bond acceptors (Lipinski definition) is 3. The molecule has 18 heavy (non-hydrogen) atoms. The van der Waals surface area contributed by atoms with E-state index in [-0.39, 0.29) is 6.04 Å². The Labute approximate surface area is 109 Å². The van der Waals surface area contributed by atoms with E-state index in [2.05, 4.69) is 22.5 Å². The number of hydrogen-bond donors (Lipinski definition) is 1. The number of rotatable bonds is 5.